The first-order chi connectivity index (χ1) is 15.5. The molecule has 0 aliphatic rings. The number of halogens is 2. The highest BCUT2D eigenvalue weighted by Crippen LogP contribution is 2.31. The van der Waals surface area contributed by atoms with Crippen LogP contribution in [-0.2, 0) is 21.5 Å². The van der Waals surface area contributed by atoms with Gasteiger partial charge in [0.15, 0.2) is 6.61 Å². The summed E-state index contributed by atoms with van der Waals surface area (Å²) in [5.74, 6) is -0.565. The second kappa shape index (κ2) is 12.2. The quantitative estimate of drug-likeness (QED) is 0.415. The lowest BCUT2D eigenvalue weighted by molar-refractivity contribution is -0.142. The Morgan fingerprint density at radius 1 is 1.18 bits per heavy atom. The minimum absolute atomic E-state index is 0.0198. The molecule has 0 aliphatic carbocycles. The SMILES string of the molecule is CCCCNC(=O)C(C)N(Cc1ccccc1F)C(=O)COc1ccc(C(C)(C)C)cc1Br. The van der Waals surface area contributed by atoms with Gasteiger partial charge in [-0.15, -0.1) is 0 Å². The number of amides is 2. The van der Waals surface area contributed by atoms with Crippen molar-refractivity contribution in [2.45, 2.75) is 65.5 Å². The van der Waals surface area contributed by atoms with Crippen molar-refractivity contribution in [3.63, 3.8) is 0 Å². The Labute approximate surface area is 204 Å². The van der Waals surface area contributed by atoms with Crippen molar-refractivity contribution in [2.24, 2.45) is 0 Å². The summed E-state index contributed by atoms with van der Waals surface area (Å²) in [6.45, 7) is 10.3. The molecule has 0 heterocycles. The predicted molar refractivity (Wildman–Crippen MR) is 133 cm³/mol. The topological polar surface area (TPSA) is 58.6 Å². The average Bonchev–Trinajstić information content (AvgIpc) is 2.76. The van der Waals surface area contributed by atoms with E-state index in [4.69, 9.17) is 4.74 Å². The largest absolute Gasteiger partial charge is 0.483 e. The Hall–Kier alpha value is -2.41. The number of rotatable bonds is 10. The van der Waals surface area contributed by atoms with Crippen LogP contribution in [0.2, 0.25) is 0 Å². The summed E-state index contributed by atoms with van der Waals surface area (Å²) in [7, 11) is 0. The lowest BCUT2D eigenvalue weighted by atomic mass is 9.87. The summed E-state index contributed by atoms with van der Waals surface area (Å²) < 4.78 is 20.8. The molecule has 1 unspecified atom stereocenters. The number of nitrogens with one attached hydrogen (secondary N) is 1. The second-order valence-corrected chi connectivity index (χ2v) is 9.97. The molecule has 1 N–H and O–H groups in total. The molecule has 0 aromatic heterocycles. The van der Waals surface area contributed by atoms with Crippen molar-refractivity contribution >= 4 is 27.7 Å². The number of carbonyl (C=O) groups is 2. The van der Waals surface area contributed by atoms with Crippen LogP contribution in [0.4, 0.5) is 4.39 Å². The molecule has 2 aromatic carbocycles. The number of nitrogens with zero attached hydrogens (tertiary/aromatic N) is 1. The molecule has 0 fully saturated rings. The maximum atomic E-state index is 14.3. The third-order valence-electron chi connectivity index (χ3n) is 5.44. The average molecular weight is 521 g/mol. The third kappa shape index (κ3) is 7.84. The zero-order chi connectivity index (χ0) is 24.6. The number of ether oxygens (including phenoxy) is 1. The maximum Gasteiger partial charge on any atom is 0.261 e. The van der Waals surface area contributed by atoms with Gasteiger partial charge in [0, 0.05) is 18.7 Å². The fourth-order valence-corrected chi connectivity index (χ4v) is 3.73. The van der Waals surface area contributed by atoms with Crippen LogP contribution in [0, 0.1) is 5.82 Å². The number of benzene rings is 2. The van der Waals surface area contributed by atoms with Gasteiger partial charge in [-0.05, 0) is 58.5 Å². The van der Waals surface area contributed by atoms with Crippen LogP contribution >= 0.6 is 15.9 Å². The lowest BCUT2D eigenvalue weighted by Gasteiger charge is -2.29. The Balaban J connectivity index is 2.17. The molecule has 2 aromatic rings. The number of hydrogen-bond acceptors (Lipinski definition) is 3. The molecule has 0 radical (unpaired) electrons. The molecule has 0 spiro atoms. The Morgan fingerprint density at radius 3 is 2.48 bits per heavy atom. The normalized spacial score (nSPS) is 12.2. The predicted octanol–water partition coefficient (Wildman–Crippen LogP) is 5.60. The molecule has 5 nitrogen and oxygen atoms in total. The van der Waals surface area contributed by atoms with E-state index in [1.165, 1.54) is 11.0 Å². The molecule has 0 saturated carbocycles. The molecular formula is C26H34BrFN2O3. The molecule has 180 valence electrons. The van der Waals surface area contributed by atoms with Crippen LogP contribution in [0.5, 0.6) is 5.75 Å². The smallest absolute Gasteiger partial charge is 0.261 e. The fourth-order valence-electron chi connectivity index (χ4n) is 3.24. The Morgan fingerprint density at radius 2 is 1.88 bits per heavy atom. The zero-order valence-corrected chi connectivity index (χ0v) is 21.7. The molecule has 7 heteroatoms. The fraction of sp³-hybridized carbons (Fsp3) is 0.462. The van der Waals surface area contributed by atoms with Gasteiger partial charge in [0.2, 0.25) is 5.91 Å². The van der Waals surface area contributed by atoms with Gasteiger partial charge >= 0.3 is 0 Å². The standard InChI is InChI=1S/C26H34BrFN2O3/c1-6-7-14-29-25(32)18(2)30(16-19-10-8-9-11-22(19)28)24(31)17-33-23-13-12-20(15-21(23)27)26(3,4)5/h8-13,15,18H,6-7,14,16-17H2,1-5H3,(H,29,32). The molecule has 0 bridgehead atoms. The molecule has 0 saturated heterocycles. The number of unbranched alkanes of at least 4 members (excludes halogenated alkanes) is 1. The molecule has 2 amide bonds. The Kier molecular flexibility index (Phi) is 9.89. The minimum Gasteiger partial charge on any atom is -0.483 e. The van der Waals surface area contributed by atoms with E-state index in [1.54, 1.807) is 25.1 Å². The van der Waals surface area contributed by atoms with Gasteiger partial charge in [-0.1, -0.05) is 58.4 Å². The highest BCUT2D eigenvalue weighted by molar-refractivity contribution is 9.10. The van der Waals surface area contributed by atoms with Gasteiger partial charge in [0.25, 0.3) is 5.91 Å². The van der Waals surface area contributed by atoms with Crippen molar-refractivity contribution in [3.05, 3.63) is 63.9 Å². The van der Waals surface area contributed by atoms with Crippen LogP contribution < -0.4 is 10.1 Å². The maximum absolute atomic E-state index is 14.3. The number of hydrogen-bond donors (Lipinski definition) is 1. The Bertz CT molecular complexity index is 959. The van der Waals surface area contributed by atoms with Gasteiger partial charge in [-0.2, -0.15) is 0 Å². The van der Waals surface area contributed by atoms with Crippen LogP contribution in [0.25, 0.3) is 0 Å². The zero-order valence-electron chi connectivity index (χ0n) is 20.1. The van der Waals surface area contributed by atoms with E-state index >= 15 is 0 Å². The number of carbonyl (C=O) groups excluding carboxylic acids is 2. The van der Waals surface area contributed by atoms with Gasteiger partial charge < -0.3 is 15.0 Å². The van der Waals surface area contributed by atoms with Gasteiger partial charge in [0.1, 0.15) is 17.6 Å². The van der Waals surface area contributed by atoms with Crippen LogP contribution in [0.3, 0.4) is 0 Å². The molecule has 33 heavy (non-hydrogen) atoms. The van der Waals surface area contributed by atoms with Crippen molar-refractivity contribution in [1.82, 2.24) is 10.2 Å². The molecular weight excluding hydrogens is 487 g/mol. The first kappa shape index (κ1) is 26.8. The summed E-state index contributed by atoms with van der Waals surface area (Å²) in [5, 5.41) is 2.85. The van der Waals surface area contributed by atoms with E-state index in [0.717, 1.165) is 22.9 Å². The first-order valence-electron chi connectivity index (χ1n) is 11.3. The minimum atomic E-state index is -0.774. The van der Waals surface area contributed by atoms with Crippen molar-refractivity contribution < 1.29 is 18.7 Å². The van der Waals surface area contributed by atoms with E-state index in [-0.39, 0.29) is 24.5 Å². The monoisotopic (exact) mass is 520 g/mol. The van der Waals surface area contributed by atoms with E-state index in [9.17, 15) is 14.0 Å². The summed E-state index contributed by atoms with van der Waals surface area (Å²) in [4.78, 5) is 27.1. The van der Waals surface area contributed by atoms with Gasteiger partial charge in [0.05, 0.1) is 4.47 Å². The van der Waals surface area contributed by atoms with Crippen molar-refractivity contribution in [1.29, 1.82) is 0 Å². The van der Waals surface area contributed by atoms with E-state index in [2.05, 4.69) is 42.0 Å². The molecule has 0 aliphatic heterocycles. The highest BCUT2D eigenvalue weighted by atomic mass is 79.9. The van der Waals surface area contributed by atoms with E-state index < -0.39 is 17.8 Å². The van der Waals surface area contributed by atoms with Crippen LogP contribution in [0.1, 0.15) is 58.6 Å². The summed E-state index contributed by atoms with van der Waals surface area (Å²) in [6, 6.07) is 11.2. The van der Waals surface area contributed by atoms with Crippen LogP contribution in [-0.4, -0.2) is 35.9 Å². The van der Waals surface area contributed by atoms with Crippen molar-refractivity contribution in [3.8, 4) is 5.75 Å². The molecule has 2 rings (SSSR count). The molecule has 1 atom stereocenters. The highest BCUT2D eigenvalue weighted by Gasteiger charge is 2.27. The summed E-state index contributed by atoms with van der Waals surface area (Å²) in [5.41, 5.74) is 1.45. The van der Waals surface area contributed by atoms with E-state index in [0.29, 0.717) is 17.9 Å². The summed E-state index contributed by atoms with van der Waals surface area (Å²) >= 11 is 3.51. The van der Waals surface area contributed by atoms with Gasteiger partial charge in [-0.25, -0.2) is 4.39 Å². The first-order valence-corrected chi connectivity index (χ1v) is 12.1. The van der Waals surface area contributed by atoms with Crippen LogP contribution in [0.15, 0.2) is 46.9 Å². The third-order valence-corrected chi connectivity index (χ3v) is 6.06. The second-order valence-electron chi connectivity index (χ2n) is 9.12. The van der Waals surface area contributed by atoms with Crippen molar-refractivity contribution in [2.75, 3.05) is 13.2 Å². The lowest BCUT2D eigenvalue weighted by Crippen LogP contribution is -2.49. The van der Waals surface area contributed by atoms with Gasteiger partial charge in [-0.3, -0.25) is 9.59 Å². The summed E-state index contributed by atoms with van der Waals surface area (Å²) in [6.07, 6.45) is 1.80. The van der Waals surface area contributed by atoms with E-state index in [1.807, 2.05) is 25.1 Å².